The van der Waals surface area contributed by atoms with Crippen molar-refractivity contribution in [3.8, 4) is 0 Å². The second-order valence-corrected chi connectivity index (χ2v) is 4.02. The second-order valence-electron chi connectivity index (χ2n) is 4.02. The number of nitrogens with one attached hydrogen (secondary N) is 1. The first-order valence-corrected chi connectivity index (χ1v) is 5.69. The molecular formula is C12H18N2O. The standard InChI is InChI=1S/C12H18N2O/c1-10(11-6-5-9-15-11)14-12-7-3-2-4-8-13-12/h5-6,9-10H,2-4,7-8H2,1H3,(H,13,14)/t10-/m1/s1. The van der Waals surface area contributed by atoms with Gasteiger partial charge in [-0.15, -0.1) is 0 Å². The molecule has 0 amide bonds. The molecule has 0 bridgehead atoms. The molecule has 82 valence electrons. The molecule has 0 radical (unpaired) electrons. The molecule has 15 heavy (non-hydrogen) atoms. The Bertz CT molecular complexity index is 316. The Morgan fingerprint density at radius 2 is 2.33 bits per heavy atom. The van der Waals surface area contributed by atoms with Gasteiger partial charge in [-0.1, -0.05) is 6.42 Å². The molecule has 1 aliphatic heterocycles. The third kappa shape index (κ3) is 2.85. The van der Waals surface area contributed by atoms with Crippen molar-refractivity contribution in [1.82, 2.24) is 5.32 Å². The highest BCUT2D eigenvalue weighted by Gasteiger charge is 2.11. The topological polar surface area (TPSA) is 37.5 Å². The third-order valence-corrected chi connectivity index (χ3v) is 2.73. The Balaban J connectivity index is 1.93. The van der Waals surface area contributed by atoms with E-state index in [-0.39, 0.29) is 6.04 Å². The summed E-state index contributed by atoms with van der Waals surface area (Å²) in [6.45, 7) is 3.07. The minimum absolute atomic E-state index is 0.219. The van der Waals surface area contributed by atoms with Crippen molar-refractivity contribution in [2.45, 2.75) is 38.6 Å². The van der Waals surface area contributed by atoms with E-state index in [1.165, 1.54) is 19.3 Å². The quantitative estimate of drug-likeness (QED) is 0.807. The molecular weight excluding hydrogens is 188 g/mol. The van der Waals surface area contributed by atoms with Crippen LogP contribution in [0, 0.1) is 0 Å². The van der Waals surface area contributed by atoms with Crippen LogP contribution in [0.1, 0.15) is 44.4 Å². The summed E-state index contributed by atoms with van der Waals surface area (Å²) in [6, 6.07) is 4.13. The van der Waals surface area contributed by atoms with Gasteiger partial charge in [-0.3, -0.25) is 4.99 Å². The minimum Gasteiger partial charge on any atom is -0.467 e. The fraction of sp³-hybridized carbons (Fsp3) is 0.583. The highest BCUT2D eigenvalue weighted by molar-refractivity contribution is 5.82. The number of rotatable bonds is 2. The molecule has 0 saturated heterocycles. The van der Waals surface area contributed by atoms with Gasteiger partial charge in [0.1, 0.15) is 5.76 Å². The summed E-state index contributed by atoms with van der Waals surface area (Å²) in [5.74, 6) is 2.11. The van der Waals surface area contributed by atoms with Gasteiger partial charge in [0, 0.05) is 13.0 Å². The molecule has 2 heterocycles. The Kier molecular flexibility index (Phi) is 3.43. The first-order valence-electron chi connectivity index (χ1n) is 5.69. The molecule has 1 aromatic heterocycles. The molecule has 2 rings (SSSR count). The lowest BCUT2D eigenvalue weighted by Crippen LogP contribution is -2.26. The smallest absolute Gasteiger partial charge is 0.125 e. The van der Waals surface area contributed by atoms with E-state index in [0.29, 0.717) is 0 Å². The lowest BCUT2D eigenvalue weighted by Gasteiger charge is -2.14. The van der Waals surface area contributed by atoms with Gasteiger partial charge in [0.25, 0.3) is 0 Å². The summed E-state index contributed by atoms with van der Waals surface area (Å²) < 4.78 is 5.35. The molecule has 1 aromatic rings. The molecule has 0 aliphatic carbocycles. The molecule has 1 atom stereocenters. The van der Waals surface area contributed by atoms with Crippen molar-refractivity contribution in [3.63, 3.8) is 0 Å². The number of hydrogen-bond acceptors (Lipinski definition) is 3. The molecule has 0 unspecified atom stereocenters. The second kappa shape index (κ2) is 5.01. The van der Waals surface area contributed by atoms with Crippen molar-refractivity contribution < 1.29 is 4.42 Å². The van der Waals surface area contributed by atoms with E-state index in [4.69, 9.17) is 4.42 Å². The normalized spacial score (nSPS) is 19.1. The first kappa shape index (κ1) is 10.3. The molecule has 1 N–H and O–H groups in total. The van der Waals surface area contributed by atoms with Crippen molar-refractivity contribution in [1.29, 1.82) is 0 Å². The van der Waals surface area contributed by atoms with E-state index in [0.717, 1.165) is 24.6 Å². The van der Waals surface area contributed by atoms with Crippen LogP contribution in [0.15, 0.2) is 27.8 Å². The van der Waals surface area contributed by atoms with Crippen LogP contribution in [0.5, 0.6) is 0 Å². The summed E-state index contributed by atoms with van der Waals surface area (Å²) in [4.78, 5) is 4.54. The van der Waals surface area contributed by atoms with Crippen LogP contribution in [0.2, 0.25) is 0 Å². The molecule has 1 aliphatic rings. The summed E-state index contributed by atoms with van der Waals surface area (Å²) in [7, 11) is 0. The number of nitrogens with zero attached hydrogens (tertiary/aromatic N) is 1. The van der Waals surface area contributed by atoms with E-state index in [2.05, 4.69) is 17.2 Å². The van der Waals surface area contributed by atoms with Crippen LogP contribution in [0.25, 0.3) is 0 Å². The van der Waals surface area contributed by atoms with Gasteiger partial charge in [0.2, 0.25) is 0 Å². The maximum absolute atomic E-state index is 5.35. The monoisotopic (exact) mass is 206 g/mol. The van der Waals surface area contributed by atoms with Crippen LogP contribution >= 0.6 is 0 Å². The van der Waals surface area contributed by atoms with Crippen molar-refractivity contribution in [3.05, 3.63) is 24.2 Å². The van der Waals surface area contributed by atoms with E-state index >= 15 is 0 Å². The zero-order chi connectivity index (χ0) is 10.5. The van der Waals surface area contributed by atoms with Crippen molar-refractivity contribution in [2.75, 3.05) is 6.54 Å². The minimum atomic E-state index is 0.219. The zero-order valence-corrected chi connectivity index (χ0v) is 9.20. The van der Waals surface area contributed by atoms with Gasteiger partial charge in [-0.05, 0) is 31.9 Å². The molecule has 0 saturated carbocycles. The van der Waals surface area contributed by atoms with Gasteiger partial charge in [-0.2, -0.15) is 0 Å². The van der Waals surface area contributed by atoms with Gasteiger partial charge >= 0.3 is 0 Å². The molecule has 0 fully saturated rings. The van der Waals surface area contributed by atoms with E-state index < -0.39 is 0 Å². The van der Waals surface area contributed by atoms with Gasteiger partial charge < -0.3 is 9.73 Å². The zero-order valence-electron chi connectivity index (χ0n) is 9.20. The van der Waals surface area contributed by atoms with Crippen LogP contribution in [-0.2, 0) is 0 Å². The van der Waals surface area contributed by atoms with E-state index in [9.17, 15) is 0 Å². The lowest BCUT2D eigenvalue weighted by atomic mass is 10.2. The maximum Gasteiger partial charge on any atom is 0.125 e. The Morgan fingerprint density at radius 3 is 3.13 bits per heavy atom. The van der Waals surface area contributed by atoms with E-state index in [1.807, 2.05) is 12.1 Å². The molecule has 3 nitrogen and oxygen atoms in total. The predicted octanol–water partition coefficient (Wildman–Crippen LogP) is 2.90. The van der Waals surface area contributed by atoms with Crippen LogP contribution in [0.4, 0.5) is 0 Å². The molecule has 0 spiro atoms. The average Bonchev–Trinajstić information content (AvgIpc) is 2.65. The highest BCUT2D eigenvalue weighted by Crippen LogP contribution is 2.14. The van der Waals surface area contributed by atoms with Crippen molar-refractivity contribution in [2.24, 2.45) is 4.99 Å². The largest absolute Gasteiger partial charge is 0.467 e. The Morgan fingerprint density at radius 1 is 1.40 bits per heavy atom. The molecule has 0 aromatic carbocycles. The predicted molar refractivity (Wildman–Crippen MR) is 61.0 cm³/mol. The number of hydrogen-bond donors (Lipinski definition) is 1. The lowest BCUT2D eigenvalue weighted by molar-refractivity contribution is 0.461. The summed E-state index contributed by atoms with van der Waals surface area (Å²) in [5, 5.41) is 3.42. The van der Waals surface area contributed by atoms with Crippen LogP contribution in [-0.4, -0.2) is 12.4 Å². The maximum atomic E-state index is 5.35. The summed E-state index contributed by atoms with van der Waals surface area (Å²) in [6.07, 6.45) is 6.55. The van der Waals surface area contributed by atoms with Gasteiger partial charge in [0.05, 0.1) is 18.1 Å². The number of furan rings is 1. The van der Waals surface area contributed by atoms with Gasteiger partial charge in [0.15, 0.2) is 0 Å². The van der Waals surface area contributed by atoms with Crippen molar-refractivity contribution >= 4 is 5.84 Å². The fourth-order valence-electron chi connectivity index (χ4n) is 1.85. The van der Waals surface area contributed by atoms with Crippen LogP contribution < -0.4 is 5.32 Å². The van der Waals surface area contributed by atoms with E-state index in [1.54, 1.807) is 6.26 Å². The SMILES string of the molecule is C[C@@H](NC1=NCCCCC1)c1ccco1. The van der Waals surface area contributed by atoms with Gasteiger partial charge in [-0.25, -0.2) is 0 Å². The number of aliphatic imine (C=N–C) groups is 1. The third-order valence-electron chi connectivity index (χ3n) is 2.73. The fourth-order valence-corrected chi connectivity index (χ4v) is 1.85. The molecule has 3 heteroatoms. The Hall–Kier alpha value is -1.25. The summed E-state index contributed by atoms with van der Waals surface area (Å²) in [5.41, 5.74) is 0. The number of amidine groups is 1. The first-order chi connectivity index (χ1) is 7.36. The summed E-state index contributed by atoms with van der Waals surface area (Å²) >= 11 is 0. The highest BCUT2D eigenvalue weighted by atomic mass is 16.3. The Labute approximate surface area is 90.6 Å². The van der Waals surface area contributed by atoms with Crippen LogP contribution in [0.3, 0.4) is 0 Å². The average molecular weight is 206 g/mol.